The highest BCUT2D eigenvalue weighted by Gasteiger charge is 2.24. The number of carbonyl (C=O) groups excluding carboxylic acids is 2. The molecule has 0 unspecified atom stereocenters. The molecule has 0 radical (unpaired) electrons. The predicted octanol–water partition coefficient (Wildman–Crippen LogP) is 2.66. The van der Waals surface area contributed by atoms with Gasteiger partial charge in [-0.3, -0.25) is 14.8 Å². The van der Waals surface area contributed by atoms with Gasteiger partial charge in [0.2, 0.25) is 5.82 Å². The lowest BCUT2D eigenvalue weighted by Gasteiger charge is -2.04. The summed E-state index contributed by atoms with van der Waals surface area (Å²) in [4.78, 5) is 22.9. The standard InChI is InChI=1S/C17H10F5N3O3/c18-12-10(13(19)15(21)16(22)14(12)20)7-23-24-17(27)9-3-1-2-8(6-9)4-5-11(26)25-28/h1-7,28H,(H,24,27)(H,25,26)/b5-4+,23-7-. The van der Waals surface area contributed by atoms with Crippen molar-refractivity contribution in [3.63, 3.8) is 0 Å². The van der Waals surface area contributed by atoms with Crippen molar-refractivity contribution >= 4 is 24.1 Å². The van der Waals surface area contributed by atoms with Crippen LogP contribution in [0.1, 0.15) is 21.5 Å². The molecule has 146 valence electrons. The van der Waals surface area contributed by atoms with Gasteiger partial charge in [0.15, 0.2) is 23.3 Å². The van der Waals surface area contributed by atoms with Crippen molar-refractivity contribution in [2.75, 3.05) is 0 Å². The molecule has 0 fully saturated rings. The van der Waals surface area contributed by atoms with Crippen molar-refractivity contribution in [1.29, 1.82) is 0 Å². The maximum Gasteiger partial charge on any atom is 0.271 e. The Bertz CT molecular complexity index is 963. The number of hydrogen-bond donors (Lipinski definition) is 3. The summed E-state index contributed by atoms with van der Waals surface area (Å²) in [5, 5.41) is 11.6. The number of amides is 2. The Kier molecular flexibility index (Phi) is 6.55. The normalized spacial score (nSPS) is 11.2. The fourth-order valence-corrected chi connectivity index (χ4v) is 1.95. The molecule has 0 aliphatic heterocycles. The number of hydrazone groups is 1. The lowest BCUT2D eigenvalue weighted by Crippen LogP contribution is -2.18. The summed E-state index contributed by atoms with van der Waals surface area (Å²) >= 11 is 0. The van der Waals surface area contributed by atoms with Crippen LogP contribution >= 0.6 is 0 Å². The lowest BCUT2D eigenvalue weighted by atomic mass is 10.1. The van der Waals surface area contributed by atoms with Crippen molar-refractivity contribution in [3.05, 3.63) is 76.1 Å². The first-order valence-electron chi connectivity index (χ1n) is 7.33. The van der Waals surface area contributed by atoms with Crippen LogP contribution in [0.15, 0.2) is 35.4 Å². The third kappa shape index (κ3) is 4.57. The van der Waals surface area contributed by atoms with Gasteiger partial charge >= 0.3 is 0 Å². The molecule has 6 nitrogen and oxygen atoms in total. The lowest BCUT2D eigenvalue weighted by molar-refractivity contribution is -0.124. The minimum absolute atomic E-state index is 0.0149. The van der Waals surface area contributed by atoms with Crippen LogP contribution in [0.5, 0.6) is 0 Å². The smallest absolute Gasteiger partial charge is 0.271 e. The molecule has 0 saturated heterocycles. The average molecular weight is 399 g/mol. The van der Waals surface area contributed by atoms with Crippen molar-refractivity contribution in [1.82, 2.24) is 10.9 Å². The first-order valence-corrected chi connectivity index (χ1v) is 7.33. The highest BCUT2D eigenvalue weighted by atomic mass is 19.2. The van der Waals surface area contributed by atoms with Crippen LogP contribution < -0.4 is 10.9 Å². The van der Waals surface area contributed by atoms with Crippen molar-refractivity contribution in [3.8, 4) is 0 Å². The van der Waals surface area contributed by atoms with Gasteiger partial charge in [-0.15, -0.1) is 0 Å². The summed E-state index contributed by atoms with van der Waals surface area (Å²) in [6.45, 7) is 0. The zero-order valence-corrected chi connectivity index (χ0v) is 13.6. The molecule has 11 heteroatoms. The Labute approximate surface area is 153 Å². The molecular formula is C17H10F5N3O3. The quantitative estimate of drug-likeness (QED) is 0.137. The van der Waals surface area contributed by atoms with Gasteiger partial charge in [0, 0.05) is 11.6 Å². The van der Waals surface area contributed by atoms with Gasteiger partial charge in [0.1, 0.15) is 0 Å². The number of hydroxylamine groups is 1. The monoisotopic (exact) mass is 399 g/mol. The Morgan fingerprint density at radius 3 is 2.18 bits per heavy atom. The minimum Gasteiger partial charge on any atom is -0.288 e. The molecule has 0 spiro atoms. The van der Waals surface area contributed by atoms with E-state index in [4.69, 9.17) is 5.21 Å². The molecule has 0 aliphatic carbocycles. The topological polar surface area (TPSA) is 90.8 Å². The molecule has 0 aromatic heterocycles. The Hall–Kier alpha value is -3.60. The second kappa shape index (κ2) is 8.86. The fraction of sp³-hybridized carbons (Fsp3) is 0. The van der Waals surface area contributed by atoms with Gasteiger partial charge in [0.25, 0.3) is 11.8 Å². The van der Waals surface area contributed by atoms with Gasteiger partial charge in [0.05, 0.1) is 11.8 Å². The minimum atomic E-state index is -2.31. The predicted molar refractivity (Wildman–Crippen MR) is 86.7 cm³/mol. The third-order valence-electron chi connectivity index (χ3n) is 3.29. The van der Waals surface area contributed by atoms with Gasteiger partial charge in [-0.25, -0.2) is 32.9 Å². The summed E-state index contributed by atoms with van der Waals surface area (Å²) < 4.78 is 66.1. The number of benzene rings is 2. The summed E-state index contributed by atoms with van der Waals surface area (Å²) in [6.07, 6.45) is 2.54. The molecule has 28 heavy (non-hydrogen) atoms. The second-order valence-corrected chi connectivity index (χ2v) is 5.12. The van der Waals surface area contributed by atoms with E-state index in [0.29, 0.717) is 5.56 Å². The molecule has 0 heterocycles. The molecule has 2 amide bonds. The van der Waals surface area contributed by atoms with E-state index in [1.807, 2.05) is 5.43 Å². The first kappa shape index (κ1) is 20.7. The van der Waals surface area contributed by atoms with Crippen LogP contribution in [0.4, 0.5) is 22.0 Å². The molecule has 2 aromatic carbocycles. The average Bonchev–Trinajstić information content (AvgIpc) is 2.71. The van der Waals surface area contributed by atoms with Crippen LogP contribution in [0, 0.1) is 29.1 Å². The van der Waals surface area contributed by atoms with Gasteiger partial charge in [-0.2, -0.15) is 5.10 Å². The van der Waals surface area contributed by atoms with E-state index in [-0.39, 0.29) is 11.8 Å². The van der Waals surface area contributed by atoms with Gasteiger partial charge in [-0.05, 0) is 23.8 Å². The summed E-state index contributed by atoms with van der Waals surface area (Å²) in [7, 11) is 0. The Balaban J connectivity index is 2.17. The molecule has 0 bridgehead atoms. The van der Waals surface area contributed by atoms with Crippen LogP contribution in [-0.2, 0) is 4.79 Å². The highest BCUT2D eigenvalue weighted by molar-refractivity contribution is 5.96. The number of rotatable bonds is 5. The van der Waals surface area contributed by atoms with Crippen LogP contribution in [0.3, 0.4) is 0 Å². The Morgan fingerprint density at radius 1 is 0.964 bits per heavy atom. The molecule has 2 rings (SSSR count). The molecule has 0 atom stereocenters. The van der Waals surface area contributed by atoms with Crippen LogP contribution in [0.25, 0.3) is 6.08 Å². The summed E-state index contributed by atoms with van der Waals surface area (Å²) in [6, 6.07) is 5.62. The maximum absolute atomic E-state index is 13.5. The van der Waals surface area contributed by atoms with E-state index in [1.54, 1.807) is 0 Å². The van der Waals surface area contributed by atoms with Crippen LogP contribution in [-0.4, -0.2) is 23.2 Å². The van der Waals surface area contributed by atoms with E-state index in [0.717, 1.165) is 6.08 Å². The largest absolute Gasteiger partial charge is 0.288 e. The van der Waals surface area contributed by atoms with Crippen molar-refractivity contribution in [2.24, 2.45) is 5.10 Å². The SMILES string of the molecule is O=C(/C=C/c1cccc(C(=O)N/N=C\c2c(F)c(F)c(F)c(F)c2F)c1)NO. The first-order chi connectivity index (χ1) is 13.3. The summed E-state index contributed by atoms with van der Waals surface area (Å²) in [5.41, 5.74) is 2.34. The van der Waals surface area contributed by atoms with Crippen LogP contribution in [0.2, 0.25) is 0 Å². The highest BCUT2D eigenvalue weighted by Crippen LogP contribution is 2.21. The number of hydrogen-bond acceptors (Lipinski definition) is 4. The maximum atomic E-state index is 13.5. The van der Waals surface area contributed by atoms with Gasteiger partial charge < -0.3 is 0 Å². The molecule has 2 aromatic rings. The number of carbonyl (C=O) groups is 2. The second-order valence-electron chi connectivity index (χ2n) is 5.12. The fourth-order valence-electron chi connectivity index (χ4n) is 1.95. The zero-order valence-electron chi connectivity index (χ0n) is 13.6. The number of halogens is 5. The number of nitrogens with one attached hydrogen (secondary N) is 2. The third-order valence-corrected chi connectivity index (χ3v) is 3.29. The molecular weight excluding hydrogens is 389 g/mol. The summed E-state index contributed by atoms with van der Waals surface area (Å²) in [5.74, 6) is -12.4. The molecule has 3 N–H and O–H groups in total. The molecule has 0 aliphatic rings. The van der Waals surface area contributed by atoms with Crippen molar-refractivity contribution in [2.45, 2.75) is 0 Å². The van der Waals surface area contributed by atoms with E-state index in [1.165, 1.54) is 35.8 Å². The van der Waals surface area contributed by atoms with E-state index >= 15 is 0 Å². The zero-order chi connectivity index (χ0) is 20.8. The van der Waals surface area contributed by atoms with E-state index in [2.05, 4.69) is 5.10 Å². The number of nitrogens with zero attached hydrogens (tertiary/aromatic N) is 1. The van der Waals surface area contributed by atoms with Crippen molar-refractivity contribution < 1.29 is 36.7 Å². The Morgan fingerprint density at radius 2 is 1.57 bits per heavy atom. The van der Waals surface area contributed by atoms with Gasteiger partial charge in [-0.1, -0.05) is 12.1 Å². The molecule has 0 saturated carbocycles. The van der Waals surface area contributed by atoms with E-state index < -0.39 is 46.5 Å². The van der Waals surface area contributed by atoms with E-state index in [9.17, 15) is 31.5 Å².